The Bertz CT molecular complexity index is 576. The van der Waals surface area contributed by atoms with Crippen molar-refractivity contribution in [1.29, 1.82) is 0 Å². The first-order valence-electron chi connectivity index (χ1n) is 6.44. The number of methoxy groups -OCH3 is 1. The van der Waals surface area contributed by atoms with E-state index >= 15 is 0 Å². The van der Waals surface area contributed by atoms with Crippen molar-refractivity contribution < 1.29 is 18.3 Å². The van der Waals surface area contributed by atoms with Crippen LogP contribution in [0.25, 0.3) is 0 Å². The van der Waals surface area contributed by atoms with Crippen LogP contribution in [-0.2, 0) is 10.0 Å². The van der Waals surface area contributed by atoms with Crippen LogP contribution in [0, 0.1) is 5.92 Å². The molecule has 0 amide bonds. The highest BCUT2D eigenvalue weighted by atomic mass is 79.9. The molecule has 2 unspecified atom stereocenters. The van der Waals surface area contributed by atoms with Gasteiger partial charge in [0.2, 0.25) is 10.0 Å². The molecular formula is C13H18BrNO4S. The molecule has 20 heavy (non-hydrogen) atoms. The van der Waals surface area contributed by atoms with Gasteiger partial charge in [0.25, 0.3) is 0 Å². The Balaban J connectivity index is 2.20. The Kier molecular flexibility index (Phi) is 5.06. The van der Waals surface area contributed by atoms with Crippen molar-refractivity contribution in [3.8, 4) is 5.75 Å². The maximum atomic E-state index is 12.3. The van der Waals surface area contributed by atoms with Gasteiger partial charge < -0.3 is 9.84 Å². The van der Waals surface area contributed by atoms with Crippen molar-refractivity contribution in [3.05, 3.63) is 22.7 Å². The normalized spacial score (nSPS) is 22.9. The number of hydrogen-bond donors (Lipinski definition) is 2. The van der Waals surface area contributed by atoms with Crippen LogP contribution in [-0.4, -0.2) is 33.3 Å². The van der Waals surface area contributed by atoms with E-state index in [0.29, 0.717) is 10.2 Å². The molecule has 1 saturated carbocycles. The van der Waals surface area contributed by atoms with Gasteiger partial charge in [-0.2, -0.15) is 0 Å². The Morgan fingerprint density at radius 2 is 2.20 bits per heavy atom. The molecule has 0 heterocycles. The van der Waals surface area contributed by atoms with Crippen LogP contribution in [0.3, 0.4) is 0 Å². The molecule has 0 bridgehead atoms. The van der Waals surface area contributed by atoms with Gasteiger partial charge in [0.1, 0.15) is 5.75 Å². The lowest BCUT2D eigenvalue weighted by molar-refractivity contribution is 0.213. The first-order chi connectivity index (χ1) is 9.47. The Morgan fingerprint density at radius 1 is 1.45 bits per heavy atom. The zero-order valence-electron chi connectivity index (χ0n) is 11.2. The summed E-state index contributed by atoms with van der Waals surface area (Å²) in [6.07, 6.45) is 2.56. The number of aliphatic hydroxyl groups is 1. The van der Waals surface area contributed by atoms with E-state index in [0.717, 1.165) is 19.3 Å². The van der Waals surface area contributed by atoms with Gasteiger partial charge in [-0.3, -0.25) is 0 Å². The number of hydrogen-bond acceptors (Lipinski definition) is 4. The van der Waals surface area contributed by atoms with Gasteiger partial charge in [0, 0.05) is 12.6 Å². The predicted molar refractivity (Wildman–Crippen MR) is 79.2 cm³/mol. The summed E-state index contributed by atoms with van der Waals surface area (Å²) >= 11 is 3.28. The lowest BCUT2D eigenvalue weighted by Gasteiger charge is -2.19. The summed E-state index contributed by atoms with van der Waals surface area (Å²) in [6, 6.07) is 4.45. The summed E-state index contributed by atoms with van der Waals surface area (Å²) in [5.74, 6) is 0.588. The predicted octanol–water partition coefficient (Wildman–Crippen LogP) is 1.90. The largest absolute Gasteiger partial charge is 0.496 e. The minimum Gasteiger partial charge on any atom is -0.496 e. The van der Waals surface area contributed by atoms with Gasteiger partial charge in [0.05, 0.1) is 16.5 Å². The molecule has 1 aliphatic rings. The van der Waals surface area contributed by atoms with Crippen LogP contribution in [0.15, 0.2) is 27.6 Å². The highest BCUT2D eigenvalue weighted by Crippen LogP contribution is 2.29. The summed E-state index contributed by atoms with van der Waals surface area (Å²) in [4.78, 5) is 0.189. The maximum Gasteiger partial charge on any atom is 0.240 e. The first-order valence-corrected chi connectivity index (χ1v) is 8.72. The molecule has 112 valence electrons. The fourth-order valence-corrected chi connectivity index (χ4v) is 4.55. The summed E-state index contributed by atoms with van der Waals surface area (Å²) in [5.41, 5.74) is 0. The lowest BCUT2D eigenvalue weighted by Crippen LogP contribution is -2.38. The highest BCUT2D eigenvalue weighted by molar-refractivity contribution is 9.10. The Labute approximate surface area is 127 Å². The number of aliphatic hydroxyl groups excluding tert-OH is 1. The molecule has 2 rings (SSSR count). The number of rotatable bonds is 5. The average molecular weight is 364 g/mol. The van der Waals surface area contributed by atoms with E-state index in [2.05, 4.69) is 20.7 Å². The molecule has 0 saturated heterocycles. The quantitative estimate of drug-likeness (QED) is 0.837. The zero-order valence-corrected chi connectivity index (χ0v) is 13.6. The van der Waals surface area contributed by atoms with Crippen LogP contribution in [0.4, 0.5) is 0 Å². The summed E-state index contributed by atoms with van der Waals surface area (Å²) in [7, 11) is -2.06. The van der Waals surface area contributed by atoms with Gasteiger partial charge >= 0.3 is 0 Å². The van der Waals surface area contributed by atoms with Crippen molar-refractivity contribution in [3.63, 3.8) is 0 Å². The SMILES string of the molecule is COc1ccc(S(=O)(=O)NC2CCCC2CO)cc1Br. The smallest absolute Gasteiger partial charge is 0.240 e. The molecule has 5 nitrogen and oxygen atoms in total. The second-order valence-corrected chi connectivity index (χ2v) is 7.47. The molecule has 0 radical (unpaired) electrons. The third-order valence-electron chi connectivity index (χ3n) is 3.63. The molecule has 0 aromatic heterocycles. The van der Waals surface area contributed by atoms with Gasteiger partial charge in [0.15, 0.2) is 0 Å². The Morgan fingerprint density at radius 3 is 2.80 bits per heavy atom. The summed E-state index contributed by atoms with van der Waals surface area (Å²) < 4.78 is 33.1. The lowest BCUT2D eigenvalue weighted by atomic mass is 10.1. The summed E-state index contributed by atoms with van der Waals surface area (Å²) in [6.45, 7) is 0.0134. The third-order valence-corrected chi connectivity index (χ3v) is 5.74. The second kappa shape index (κ2) is 6.43. The van der Waals surface area contributed by atoms with Gasteiger partial charge in [-0.25, -0.2) is 13.1 Å². The van der Waals surface area contributed by atoms with Crippen molar-refractivity contribution in [2.24, 2.45) is 5.92 Å². The number of ether oxygens (including phenoxy) is 1. The number of nitrogens with one attached hydrogen (secondary N) is 1. The second-order valence-electron chi connectivity index (χ2n) is 4.90. The van der Waals surface area contributed by atoms with Crippen molar-refractivity contribution in [2.45, 2.75) is 30.2 Å². The van der Waals surface area contributed by atoms with Gasteiger partial charge in [-0.05, 0) is 52.9 Å². The topological polar surface area (TPSA) is 75.6 Å². The molecule has 1 aliphatic carbocycles. The van der Waals surface area contributed by atoms with Gasteiger partial charge in [-0.15, -0.1) is 0 Å². The number of benzene rings is 1. The van der Waals surface area contributed by atoms with E-state index in [9.17, 15) is 13.5 Å². The van der Waals surface area contributed by atoms with Crippen molar-refractivity contribution in [2.75, 3.05) is 13.7 Å². The minimum atomic E-state index is -3.58. The van der Waals surface area contributed by atoms with E-state index in [1.54, 1.807) is 6.07 Å². The molecule has 0 spiro atoms. The minimum absolute atomic E-state index is 0.00599. The maximum absolute atomic E-state index is 12.3. The standard InChI is InChI=1S/C13H18BrNO4S/c1-19-13-6-5-10(7-11(13)14)20(17,18)15-12-4-2-3-9(12)8-16/h5-7,9,12,15-16H,2-4,8H2,1H3. The molecule has 7 heteroatoms. The third kappa shape index (κ3) is 3.33. The van der Waals surface area contributed by atoms with Crippen LogP contribution in [0.5, 0.6) is 5.75 Å². The number of sulfonamides is 1. The van der Waals surface area contributed by atoms with E-state index in [1.807, 2.05) is 0 Å². The van der Waals surface area contributed by atoms with Crippen molar-refractivity contribution in [1.82, 2.24) is 4.72 Å². The number of halogens is 1. The highest BCUT2D eigenvalue weighted by Gasteiger charge is 2.30. The van der Waals surface area contributed by atoms with Crippen LogP contribution in [0.2, 0.25) is 0 Å². The van der Waals surface area contributed by atoms with E-state index in [4.69, 9.17) is 4.74 Å². The van der Waals surface area contributed by atoms with Gasteiger partial charge in [-0.1, -0.05) is 6.42 Å². The summed E-state index contributed by atoms with van der Waals surface area (Å²) in [5, 5.41) is 9.26. The molecule has 2 N–H and O–H groups in total. The van der Waals surface area contributed by atoms with E-state index in [-0.39, 0.29) is 23.5 Å². The van der Waals surface area contributed by atoms with E-state index in [1.165, 1.54) is 19.2 Å². The van der Waals surface area contributed by atoms with Crippen LogP contribution in [0.1, 0.15) is 19.3 Å². The molecule has 1 aromatic carbocycles. The van der Waals surface area contributed by atoms with Crippen LogP contribution >= 0.6 is 15.9 Å². The zero-order chi connectivity index (χ0) is 14.8. The fraction of sp³-hybridized carbons (Fsp3) is 0.538. The molecule has 0 aliphatic heterocycles. The molecular weight excluding hydrogens is 346 g/mol. The first kappa shape index (κ1) is 15.8. The monoisotopic (exact) mass is 363 g/mol. The molecule has 1 aromatic rings. The van der Waals surface area contributed by atoms with Crippen molar-refractivity contribution >= 4 is 26.0 Å². The van der Waals surface area contributed by atoms with Crippen LogP contribution < -0.4 is 9.46 Å². The van der Waals surface area contributed by atoms with E-state index < -0.39 is 10.0 Å². The average Bonchev–Trinajstić information content (AvgIpc) is 2.85. The Hall–Kier alpha value is -0.630. The molecule has 2 atom stereocenters. The fourth-order valence-electron chi connectivity index (χ4n) is 2.49. The molecule has 1 fully saturated rings.